The van der Waals surface area contributed by atoms with Crippen LogP contribution in [-0.2, 0) is 4.79 Å². The molecule has 4 heteroatoms. The second-order valence-electron chi connectivity index (χ2n) is 4.32. The minimum Gasteiger partial charge on any atom is -0.353 e. The van der Waals surface area contributed by atoms with Gasteiger partial charge in [-0.2, -0.15) is 0 Å². The van der Waals surface area contributed by atoms with Crippen molar-refractivity contribution in [2.24, 2.45) is 5.92 Å². The smallest absolute Gasteiger partial charge is 0.237 e. The molecule has 0 radical (unpaired) electrons. The molecule has 2 N–H and O–H groups in total. The van der Waals surface area contributed by atoms with E-state index in [1.807, 2.05) is 6.92 Å². The number of piperazine rings is 1. The topological polar surface area (TPSA) is 44.4 Å². The Hall–Kier alpha value is -0.610. The lowest BCUT2D eigenvalue weighted by atomic mass is 9.98. The van der Waals surface area contributed by atoms with Crippen LogP contribution in [0.4, 0.5) is 0 Å². The average Bonchev–Trinajstić information content (AvgIpc) is 2.09. The molecular weight excluding hydrogens is 178 g/mol. The first-order valence-corrected chi connectivity index (χ1v) is 5.50. The minimum atomic E-state index is 0.0665. The summed E-state index contributed by atoms with van der Waals surface area (Å²) in [6.45, 7) is 7.20. The van der Waals surface area contributed by atoms with Gasteiger partial charge in [-0.1, -0.05) is 0 Å². The molecule has 2 fully saturated rings. The van der Waals surface area contributed by atoms with E-state index >= 15 is 0 Å². The van der Waals surface area contributed by atoms with Gasteiger partial charge in [0.05, 0.1) is 6.04 Å². The number of nitrogens with zero attached hydrogens (tertiary/aromatic N) is 1. The number of hydrogen-bond acceptors (Lipinski definition) is 3. The molecule has 0 bridgehead atoms. The summed E-state index contributed by atoms with van der Waals surface area (Å²) in [7, 11) is 0. The standard InChI is InChI=1S/C10H19N3O/c1-8-10(14)12-3-5-13(8)4-2-9-6-11-7-9/h8-9,11H,2-7H2,1H3,(H,12,14). The van der Waals surface area contributed by atoms with Crippen molar-refractivity contribution < 1.29 is 4.79 Å². The van der Waals surface area contributed by atoms with E-state index in [0.717, 1.165) is 38.6 Å². The molecule has 80 valence electrons. The quantitative estimate of drug-likeness (QED) is 0.636. The van der Waals surface area contributed by atoms with Crippen LogP contribution >= 0.6 is 0 Å². The van der Waals surface area contributed by atoms with Crippen molar-refractivity contribution in [1.82, 2.24) is 15.5 Å². The summed E-state index contributed by atoms with van der Waals surface area (Å²) < 4.78 is 0. The lowest BCUT2D eigenvalue weighted by Crippen LogP contribution is -2.54. The first kappa shape index (κ1) is 9.93. The molecule has 1 atom stereocenters. The van der Waals surface area contributed by atoms with Crippen LogP contribution in [0.25, 0.3) is 0 Å². The maximum atomic E-state index is 11.4. The van der Waals surface area contributed by atoms with Crippen molar-refractivity contribution in [3.63, 3.8) is 0 Å². The van der Waals surface area contributed by atoms with Crippen LogP contribution in [0.5, 0.6) is 0 Å². The van der Waals surface area contributed by atoms with E-state index in [-0.39, 0.29) is 11.9 Å². The van der Waals surface area contributed by atoms with E-state index in [1.54, 1.807) is 0 Å². The Kier molecular flexibility index (Phi) is 3.03. The molecule has 1 amide bonds. The largest absolute Gasteiger partial charge is 0.353 e. The van der Waals surface area contributed by atoms with Crippen molar-refractivity contribution in [2.75, 3.05) is 32.7 Å². The number of carbonyl (C=O) groups excluding carboxylic acids is 1. The van der Waals surface area contributed by atoms with Crippen LogP contribution in [0.3, 0.4) is 0 Å². The Labute approximate surface area is 85.0 Å². The Bertz CT molecular complexity index is 215. The van der Waals surface area contributed by atoms with Crippen LogP contribution in [0, 0.1) is 5.92 Å². The van der Waals surface area contributed by atoms with E-state index in [2.05, 4.69) is 15.5 Å². The zero-order chi connectivity index (χ0) is 9.97. The molecule has 0 aromatic carbocycles. The lowest BCUT2D eigenvalue weighted by Gasteiger charge is -2.35. The first-order chi connectivity index (χ1) is 6.77. The van der Waals surface area contributed by atoms with E-state index in [9.17, 15) is 4.79 Å². The van der Waals surface area contributed by atoms with Gasteiger partial charge >= 0.3 is 0 Å². The molecule has 1 unspecified atom stereocenters. The van der Waals surface area contributed by atoms with Gasteiger partial charge in [0.15, 0.2) is 0 Å². The van der Waals surface area contributed by atoms with E-state index in [4.69, 9.17) is 0 Å². The Morgan fingerprint density at radius 1 is 1.50 bits per heavy atom. The molecule has 2 aliphatic heterocycles. The van der Waals surface area contributed by atoms with E-state index in [1.165, 1.54) is 6.42 Å². The minimum absolute atomic E-state index is 0.0665. The van der Waals surface area contributed by atoms with Gasteiger partial charge in [0.2, 0.25) is 5.91 Å². The molecule has 2 saturated heterocycles. The van der Waals surface area contributed by atoms with Gasteiger partial charge in [0.1, 0.15) is 0 Å². The van der Waals surface area contributed by atoms with E-state index < -0.39 is 0 Å². The van der Waals surface area contributed by atoms with Crippen LogP contribution in [-0.4, -0.2) is 49.6 Å². The Balaban J connectivity index is 1.74. The molecular formula is C10H19N3O. The second-order valence-corrected chi connectivity index (χ2v) is 4.32. The SMILES string of the molecule is CC1C(=O)NCCN1CCC1CNC1. The van der Waals surface area contributed by atoms with Crippen molar-refractivity contribution in [3.05, 3.63) is 0 Å². The van der Waals surface area contributed by atoms with Gasteiger partial charge < -0.3 is 10.6 Å². The molecule has 14 heavy (non-hydrogen) atoms. The zero-order valence-electron chi connectivity index (χ0n) is 8.75. The van der Waals surface area contributed by atoms with Crippen LogP contribution in [0.2, 0.25) is 0 Å². The number of carbonyl (C=O) groups is 1. The fraction of sp³-hybridized carbons (Fsp3) is 0.900. The maximum Gasteiger partial charge on any atom is 0.237 e. The van der Waals surface area contributed by atoms with Crippen LogP contribution < -0.4 is 10.6 Å². The molecule has 0 spiro atoms. The third kappa shape index (κ3) is 2.07. The highest BCUT2D eigenvalue weighted by molar-refractivity contribution is 5.81. The highest BCUT2D eigenvalue weighted by Gasteiger charge is 2.26. The second kappa shape index (κ2) is 4.28. The normalized spacial score (nSPS) is 29.8. The molecule has 2 rings (SSSR count). The predicted octanol–water partition coefficient (Wildman–Crippen LogP) is -0.584. The highest BCUT2D eigenvalue weighted by Crippen LogP contribution is 2.12. The fourth-order valence-corrected chi connectivity index (χ4v) is 2.04. The van der Waals surface area contributed by atoms with Gasteiger partial charge in [-0.25, -0.2) is 0 Å². The fourth-order valence-electron chi connectivity index (χ4n) is 2.04. The number of rotatable bonds is 3. The van der Waals surface area contributed by atoms with Crippen LogP contribution in [0.1, 0.15) is 13.3 Å². The molecule has 2 heterocycles. The predicted molar refractivity (Wildman–Crippen MR) is 55.0 cm³/mol. The molecule has 4 nitrogen and oxygen atoms in total. The summed E-state index contributed by atoms with van der Waals surface area (Å²) in [5.41, 5.74) is 0. The molecule has 0 aromatic rings. The van der Waals surface area contributed by atoms with Gasteiger partial charge in [-0.05, 0) is 38.9 Å². The van der Waals surface area contributed by atoms with Crippen molar-refractivity contribution in [2.45, 2.75) is 19.4 Å². The van der Waals surface area contributed by atoms with Crippen molar-refractivity contribution in [3.8, 4) is 0 Å². The van der Waals surface area contributed by atoms with Crippen molar-refractivity contribution >= 4 is 5.91 Å². The van der Waals surface area contributed by atoms with E-state index in [0.29, 0.717) is 0 Å². The molecule has 0 aromatic heterocycles. The highest BCUT2D eigenvalue weighted by atomic mass is 16.2. The summed E-state index contributed by atoms with van der Waals surface area (Å²) in [6, 6.07) is 0.0665. The molecule has 2 aliphatic rings. The third-order valence-corrected chi connectivity index (χ3v) is 3.32. The summed E-state index contributed by atoms with van der Waals surface area (Å²) in [5.74, 6) is 1.02. The molecule has 0 aliphatic carbocycles. The van der Waals surface area contributed by atoms with Crippen molar-refractivity contribution in [1.29, 1.82) is 0 Å². The monoisotopic (exact) mass is 197 g/mol. The average molecular weight is 197 g/mol. The third-order valence-electron chi connectivity index (χ3n) is 3.32. The van der Waals surface area contributed by atoms with Gasteiger partial charge in [-0.3, -0.25) is 9.69 Å². The van der Waals surface area contributed by atoms with Gasteiger partial charge in [-0.15, -0.1) is 0 Å². The van der Waals surface area contributed by atoms with Gasteiger partial charge in [0, 0.05) is 13.1 Å². The number of amides is 1. The summed E-state index contributed by atoms with van der Waals surface area (Å²) in [6.07, 6.45) is 1.23. The Morgan fingerprint density at radius 3 is 2.93 bits per heavy atom. The maximum absolute atomic E-state index is 11.4. The number of hydrogen-bond donors (Lipinski definition) is 2. The van der Waals surface area contributed by atoms with Crippen LogP contribution in [0.15, 0.2) is 0 Å². The zero-order valence-corrected chi connectivity index (χ0v) is 8.75. The summed E-state index contributed by atoms with van der Waals surface area (Å²) >= 11 is 0. The summed E-state index contributed by atoms with van der Waals surface area (Å²) in [4.78, 5) is 13.7. The first-order valence-electron chi connectivity index (χ1n) is 5.50. The number of nitrogens with one attached hydrogen (secondary N) is 2. The van der Waals surface area contributed by atoms with Gasteiger partial charge in [0.25, 0.3) is 0 Å². The lowest BCUT2D eigenvalue weighted by molar-refractivity contribution is -0.128. The Morgan fingerprint density at radius 2 is 2.29 bits per heavy atom. The summed E-state index contributed by atoms with van der Waals surface area (Å²) in [5, 5.41) is 6.16. The molecule has 0 saturated carbocycles.